The van der Waals surface area contributed by atoms with E-state index < -0.39 is 0 Å². The van der Waals surface area contributed by atoms with E-state index in [9.17, 15) is 10.1 Å². The SMILES string of the molecule is N#C/C(=C\C1CC1)C(=O)N1CCC[C@@H]1Cn1nc(-c2ccc(Oc3ccccc3)cc2Cl)c2c(N)ncnc21. The molecule has 2 N–H and O–H groups in total. The molecule has 0 radical (unpaired) electrons. The molecule has 0 unspecified atom stereocenters. The summed E-state index contributed by atoms with van der Waals surface area (Å²) in [7, 11) is 0. The molecular weight excluding hydrogens is 514 g/mol. The Morgan fingerprint density at radius 1 is 1.15 bits per heavy atom. The van der Waals surface area contributed by atoms with Gasteiger partial charge in [-0.1, -0.05) is 35.9 Å². The number of nitrogens with two attached hydrogens (primary N) is 1. The highest BCUT2D eigenvalue weighted by molar-refractivity contribution is 6.33. The van der Waals surface area contributed by atoms with E-state index in [0.717, 1.165) is 25.7 Å². The second-order valence-electron chi connectivity index (χ2n) is 9.87. The van der Waals surface area contributed by atoms with E-state index in [4.69, 9.17) is 27.2 Å². The maximum Gasteiger partial charge on any atom is 0.264 e. The zero-order chi connectivity index (χ0) is 26.9. The molecule has 3 heterocycles. The number of amides is 1. The normalized spacial score (nSPS) is 17.4. The van der Waals surface area contributed by atoms with Gasteiger partial charge in [0.15, 0.2) is 5.65 Å². The Balaban J connectivity index is 1.32. The average Bonchev–Trinajstić information content (AvgIpc) is 3.52. The molecule has 1 saturated carbocycles. The number of likely N-dealkylation sites (tertiary alicyclic amines) is 1. The summed E-state index contributed by atoms with van der Waals surface area (Å²) >= 11 is 6.72. The van der Waals surface area contributed by atoms with Gasteiger partial charge in [-0.05, 0) is 55.9 Å². The lowest BCUT2D eigenvalue weighted by Gasteiger charge is -2.24. The molecule has 1 aliphatic heterocycles. The first-order valence-electron chi connectivity index (χ1n) is 12.9. The van der Waals surface area contributed by atoms with Crippen LogP contribution in [0.3, 0.4) is 0 Å². The molecular formula is C29H26ClN7O2. The van der Waals surface area contributed by atoms with Crippen molar-refractivity contribution in [2.75, 3.05) is 12.3 Å². The summed E-state index contributed by atoms with van der Waals surface area (Å²) < 4.78 is 7.69. The lowest BCUT2D eigenvalue weighted by molar-refractivity contribution is -0.127. The number of nitriles is 1. The van der Waals surface area contributed by atoms with Crippen LogP contribution >= 0.6 is 11.6 Å². The molecule has 0 bridgehead atoms. The summed E-state index contributed by atoms with van der Waals surface area (Å²) in [5.74, 6) is 1.72. The average molecular weight is 540 g/mol. The maximum atomic E-state index is 13.2. The molecule has 2 aliphatic rings. The number of nitrogen functional groups attached to an aromatic ring is 1. The van der Waals surface area contributed by atoms with Gasteiger partial charge in [-0.2, -0.15) is 10.4 Å². The molecule has 2 aromatic heterocycles. The van der Waals surface area contributed by atoms with E-state index in [1.165, 1.54) is 6.33 Å². The summed E-state index contributed by atoms with van der Waals surface area (Å²) in [4.78, 5) is 23.7. The topological polar surface area (TPSA) is 123 Å². The fraction of sp³-hybridized carbons (Fsp3) is 0.276. The molecule has 10 heteroatoms. The molecule has 1 atom stereocenters. The fourth-order valence-corrected chi connectivity index (χ4v) is 5.28. The highest BCUT2D eigenvalue weighted by Gasteiger charge is 2.33. The van der Waals surface area contributed by atoms with Crippen molar-refractivity contribution in [3.8, 4) is 28.8 Å². The number of hydrogen-bond donors (Lipinski definition) is 1. The second-order valence-corrected chi connectivity index (χ2v) is 10.3. The van der Waals surface area contributed by atoms with Gasteiger partial charge >= 0.3 is 0 Å². The van der Waals surface area contributed by atoms with Crippen LogP contribution in [0.2, 0.25) is 5.02 Å². The summed E-state index contributed by atoms with van der Waals surface area (Å²) in [6, 6.07) is 16.8. The largest absolute Gasteiger partial charge is 0.457 e. The minimum Gasteiger partial charge on any atom is -0.457 e. The lowest BCUT2D eigenvalue weighted by Crippen LogP contribution is -2.39. The van der Waals surface area contributed by atoms with E-state index in [1.807, 2.05) is 48.5 Å². The Labute approximate surface area is 230 Å². The molecule has 9 nitrogen and oxygen atoms in total. The zero-order valence-corrected chi connectivity index (χ0v) is 21.9. The molecule has 196 valence electrons. The monoisotopic (exact) mass is 539 g/mol. The molecule has 6 rings (SSSR count). The number of fused-ring (bicyclic) bond motifs is 1. The Morgan fingerprint density at radius 3 is 2.72 bits per heavy atom. The number of benzene rings is 2. The zero-order valence-electron chi connectivity index (χ0n) is 21.1. The number of aromatic nitrogens is 4. The van der Waals surface area contributed by atoms with Crippen molar-refractivity contribution >= 4 is 34.4 Å². The number of nitrogens with zero attached hydrogens (tertiary/aromatic N) is 6. The first-order chi connectivity index (χ1) is 19.0. The van der Waals surface area contributed by atoms with Crippen LogP contribution in [0.5, 0.6) is 11.5 Å². The van der Waals surface area contributed by atoms with Crippen LogP contribution in [0, 0.1) is 17.2 Å². The molecule has 4 aromatic rings. The van der Waals surface area contributed by atoms with Gasteiger partial charge in [-0.25, -0.2) is 14.6 Å². The van der Waals surface area contributed by atoms with Gasteiger partial charge in [0, 0.05) is 18.2 Å². The standard InChI is InChI=1S/C29H26ClN7O2/c30-24-14-22(39-21-6-2-1-3-7-21)10-11-23(24)26-25-27(32)33-17-34-28(25)37(35-26)16-20-5-4-12-36(20)29(38)19(15-31)13-18-8-9-18/h1-3,6-7,10-11,13-14,17-18,20H,4-5,8-9,12,16H2,(H2,32,33,34)/b19-13+/t20-/m1/s1. The van der Waals surface area contributed by atoms with E-state index in [1.54, 1.807) is 15.6 Å². The fourth-order valence-electron chi connectivity index (χ4n) is 5.02. The smallest absolute Gasteiger partial charge is 0.264 e. The van der Waals surface area contributed by atoms with Gasteiger partial charge in [0.25, 0.3) is 5.91 Å². The lowest BCUT2D eigenvalue weighted by atomic mass is 10.1. The minimum absolute atomic E-state index is 0.127. The first kappa shape index (κ1) is 24.9. The molecule has 1 amide bonds. The van der Waals surface area contributed by atoms with E-state index in [2.05, 4.69) is 16.0 Å². The maximum absolute atomic E-state index is 13.2. The van der Waals surface area contributed by atoms with Crippen molar-refractivity contribution in [3.05, 3.63) is 71.5 Å². The van der Waals surface area contributed by atoms with Crippen LogP contribution in [0.4, 0.5) is 5.82 Å². The summed E-state index contributed by atoms with van der Waals surface area (Å²) in [5.41, 5.74) is 8.32. The molecule has 2 fully saturated rings. The van der Waals surface area contributed by atoms with Crippen molar-refractivity contribution in [2.24, 2.45) is 5.92 Å². The third-order valence-electron chi connectivity index (χ3n) is 7.13. The third-order valence-corrected chi connectivity index (χ3v) is 7.44. The van der Waals surface area contributed by atoms with Gasteiger partial charge in [0.1, 0.15) is 41.0 Å². The number of anilines is 1. The minimum atomic E-state index is -0.213. The highest BCUT2D eigenvalue weighted by atomic mass is 35.5. The molecule has 39 heavy (non-hydrogen) atoms. The van der Waals surface area contributed by atoms with Crippen molar-refractivity contribution < 1.29 is 9.53 Å². The van der Waals surface area contributed by atoms with Gasteiger partial charge in [0.2, 0.25) is 0 Å². The van der Waals surface area contributed by atoms with Crippen LogP contribution in [-0.2, 0) is 11.3 Å². The van der Waals surface area contributed by atoms with Crippen LogP contribution in [-0.4, -0.2) is 43.1 Å². The van der Waals surface area contributed by atoms with Gasteiger partial charge in [0.05, 0.1) is 23.0 Å². The van der Waals surface area contributed by atoms with Crippen LogP contribution in [0.1, 0.15) is 25.7 Å². The van der Waals surface area contributed by atoms with Crippen LogP contribution < -0.4 is 10.5 Å². The number of allylic oxidation sites excluding steroid dienone is 1. The van der Waals surface area contributed by atoms with Crippen molar-refractivity contribution in [3.63, 3.8) is 0 Å². The number of hydrogen-bond acceptors (Lipinski definition) is 7. The molecule has 0 spiro atoms. The second kappa shape index (κ2) is 10.4. The predicted octanol–water partition coefficient (Wildman–Crippen LogP) is 5.37. The number of rotatable bonds is 7. The highest BCUT2D eigenvalue weighted by Crippen LogP contribution is 2.38. The van der Waals surface area contributed by atoms with Gasteiger partial charge in [-0.3, -0.25) is 4.79 Å². The Morgan fingerprint density at radius 2 is 1.97 bits per heavy atom. The van der Waals surface area contributed by atoms with Crippen LogP contribution in [0.15, 0.2) is 66.5 Å². The number of para-hydroxylation sites is 1. The van der Waals surface area contributed by atoms with E-state index in [-0.39, 0.29) is 17.5 Å². The number of halogens is 1. The molecule has 1 aliphatic carbocycles. The van der Waals surface area contributed by atoms with Crippen molar-refractivity contribution in [1.29, 1.82) is 5.26 Å². The van der Waals surface area contributed by atoms with E-state index in [0.29, 0.717) is 63.6 Å². The summed E-state index contributed by atoms with van der Waals surface area (Å²) in [6.45, 7) is 1.01. The Hall–Kier alpha value is -4.42. The van der Waals surface area contributed by atoms with Gasteiger partial charge < -0.3 is 15.4 Å². The number of ether oxygens (including phenoxy) is 1. The Kier molecular flexibility index (Phi) is 6.63. The number of carbonyl (C=O) groups is 1. The molecule has 1 saturated heterocycles. The van der Waals surface area contributed by atoms with Crippen molar-refractivity contribution in [2.45, 2.75) is 38.3 Å². The Bertz CT molecular complexity index is 1620. The van der Waals surface area contributed by atoms with Crippen molar-refractivity contribution in [1.82, 2.24) is 24.6 Å². The predicted molar refractivity (Wildman–Crippen MR) is 148 cm³/mol. The third kappa shape index (κ3) is 5.03. The van der Waals surface area contributed by atoms with E-state index >= 15 is 0 Å². The summed E-state index contributed by atoms with van der Waals surface area (Å²) in [6.07, 6.45) is 6.95. The quantitative estimate of drug-likeness (QED) is 0.247. The van der Waals surface area contributed by atoms with Crippen LogP contribution in [0.25, 0.3) is 22.3 Å². The number of carbonyl (C=O) groups excluding carboxylic acids is 1. The first-order valence-corrected chi connectivity index (χ1v) is 13.3. The van der Waals surface area contributed by atoms with Gasteiger partial charge in [-0.15, -0.1) is 0 Å². The molecule has 2 aromatic carbocycles. The summed E-state index contributed by atoms with van der Waals surface area (Å²) in [5, 5.41) is 15.5.